The number of aromatic amines is 1. The molecule has 0 bridgehead atoms. The van der Waals surface area contributed by atoms with E-state index in [9.17, 15) is 22.8 Å². The number of hydrogen-bond donors (Lipinski definition) is 2. The smallest absolute Gasteiger partial charge is 0.360 e. The van der Waals surface area contributed by atoms with Crippen LogP contribution >= 0.6 is 0 Å². The Morgan fingerprint density at radius 3 is 2.42 bits per heavy atom. The standard InChI is InChI=1S/C19H15F3N2O2/c20-19(21,22)13-7-5-12(6-8-13)9-10-23-18(26)15-11-24-16-4-2-1-3-14(16)17(15)25/h1-8,11H,9-10H2,(H,23,26)(H,24,25). The lowest BCUT2D eigenvalue weighted by Crippen LogP contribution is -2.30. The summed E-state index contributed by atoms with van der Waals surface area (Å²) in [5.41, 5.74) is 0.208. The molecule has 0 saturated heterocycles. The van der Waals surface area contributed by atoms with E-state index in [1.54, 1.807) is 24.3 Å². The molecule has 0 spiro atoms. The van der Waals surface area contributed by atoms with Crippen LogP contribution in [-0.4, -0.2) is 17.4 Å². The Kier molecular flexibility index (Phi) is 4.79. The van der Waals surface area contributed by atoms with Crippen molar-refractivity contribution in [2.45, 2.75) is 12.6 Å². The number of hydrogen-bond acceptors (Lipinski definition) is 2. The fraction of sp³-hybridized carbons (Fsp3) is 0.158. The summed E-state index contributed by atoms with van der Waals surface area (Å²) in [4.78, 5) is 27.5. The van der Waals surface area contributed by atoms with Crippen molar-refractivity contribution in [3.8, 4) is 0 Å². The summed E-state index contributed by atoms with van der Waals surface area (Å²) in [6.45, 7) is 0.205. The van der Waals surface area contributed by atoms with E-state index in [4.69, 9.17) is 0 Å². The number of H-pyrrole nitrogens is 1. The third-order valence-corrected chi connectivity index (χ3v) is 4.01. The molecular weight excluding hydrogens is 345 g/mol. The largest absolute Gasteiger partial charge is 0.416 e. The van der Waals surface area contributed by atoms with Crippen LogP contribution in [-0.2, 0) is 12.6 Å². The van der Waals surface area contributed by atoms with Gasteiger partial charge >= 0.3 is 6.18 Å². The highest BCUT2D eigenvalue weighted by Crippen LogP contribution is 2.29. The number of pyridine rings is 1. The number of aromatic nitrogens is 1. The molecule has 0 unspecified atom stereocenters. The van der Waals surface area contributed by atoms with Crippen LogP contribution < -0.4 is 10.7 Å². The molecule has 3 aromatic rings. The minimum atomic E-state index is -4.37. The quantitative estimate of drug-likeness (QED) is 0.748. The molecule has 0 aliphatic heterocycles. The molecule has 2 aromatic carbocycles. The number of halogens is 3. The van der Waals surface area contributed by atoms with Gasteiger partial charge in [-0.15, -0.1) is 0 Å². The highest BCUT2D eigenvalue weighted by molar-refractivity contribution is 5.97. The number of nitrogens with one attached hydrogen (secondary N) is 2. The number of benzene rings is 2. The van der Waals surface area contributed by atoms with E-state index < -0.39 is 17.6 Å². The van der Waals surface area contributed by atoms with Crippen LogP contribution in [0.4, 0.5) is 13.2 Å². The van der Waals surface area contributed by atoms with Crippen LogP contribution in [0.3, 0.4) is 0 Å². The molecule has 0 aliphatic rings. The number of amides is 1. The Labute approximate surface area is 146 Å². The molecule has 0 fully saturated rings. The van der Waals surface area contributed by atoms with Crippen LogP contribution in [0.15, 0.2) is 59.5 Å². The Hall–Kier alpha value is -3.09. The lowest BCUT2D eigenvalue weighted by Gasteiger charge is -2.08. The summed E-state index contributed by atoms with van der Waals surface area (Å²) in [5, 5.41) is 3.04. The Bertz CT molecular complexity index is 992. The Balaban J connectivity index is 1.64. The Morgan fingerprint density at radius 2 is 1.73 bits per heavy atom. The molecule has 3 rings (SSSR count). The van der Waals surface area contributed by atoms with Crippen molar-refractivity contribution in [2.24, 2.45) is 0 Å². The van der Waals surface area contributed by atoms with Gasteiger partial charge in [0.05, 0.1) is 5.56 Å². The lowest BCUT2D eigenvalue weighted by atomic mass is 10.1. The van der Waals surface area contributed by atoms with E-state index in [2.05, 4.69) is 10.3 Å². The number of fused-ring (bicyclic) bond motifs is 1. The predicted octanol–water partition coefficient (Wildman–Crippen LogP) is 3.52. The molecule has 1 heterocycles. The maximum atomic E-state index is 12.5. The van der Waals surface area contributed by atoms with Gasteiger partial charge < -0.3 is 10.3 Å². The van der Waals surface area contributed by atoms with E-state index >= 15 is 0 Å². The van der Waals surface area contributed by atoms with Crippen LogP contribution in [0.2, 0.25) is 0 Å². The molecule has 4 nitrogen and oxygen atoms in total. The third-order valence-electron chi connectivity index (χ3n) is 4.01. The molecule has 7 heteroatoms. The molecule has 26 heavy (non-hydrogen) atoms. The van der Waals surface area contributed by atoms with Gasteiger partial charge in [-0.2, -0.15) is 13.2 Å². The normalized spacial score (nSPS) is 11.5. The zero-order valence-corrected chi connectivity index (χ0v) is 13.6. The average molecular weight is 360 g/mol. The summed E-state index contributed by atoms with van der Waals surface area (Å²) in [6, 6.07) is 11.6. The number of alkyl halides is 3. The van der Waals surface area contributed by atoms with Crippen molar-refractivity contribution in [2.75, 3.05) is 6.54 Å². The average Bonchev–Trinajstić information content (AvgIpc) is 2.62. The second-order valence-corrected chi connectivity index (χ2v) is 5.78. The fourth-order valence-corrected chi connectivity index (χ4v) is 2.61. The molecule has 0 atom stereocenters. The van der Waals surface area contributed by atoms with Gasteiger partial charge in [-0.05, 0) is 36.2 Å². The Morgan fingerprint density at radius 1 is 1.04 bits per heavy atom. The first-order valence-corrected chi connectivity index (χ1v) is 7.91. The van der Waals surface area contributed by atoms with Gasteiger partial charge in [0.1, 0.15) is 5.56 Å². The first kappa shape index (κ1) is 17.7. The number of carbonyl (C=O) groups is 1. The van der Waals surface area contributed by atoms with E-state index in [-0.39, 0.29) is 17.5 Å². The van der Waals surface area contributed by atoms with Gasteiger partial charge in [-0.25, -0.2) is 0 Å². The van der Waals surface area contributed by atoms with Gasteiger partial charge in [0.2, 0.25) is 5.43 Å². The van der Waals surface area contributed by atoms with Crippen molar-refractivity contribution in [1.29, 1.82) is 0 Å². The van der Waals surface area contributed by atoms with Gasteiger partial charge in [0.15, 0.2) is 0 Å². The maximum Gasteiger partial charge on any atom is 0.416 e. The maximum absolute atomic E-state index is 12.5. The predicted molar refractivity (Wildman–Crippen MR) is 92.0 cm³/mol. The van der Waals surface area contributed by atoms with Crippen LogP contribution in [0.5, 0.6) is 0 Å². The van der Waals surface area contributed by atoms with Crippen molar-refractivity contribution in [1.82, 2.24) is 10.3 Å². The van der Waals surface area contributed by atoms with Crippen molar-refractivity contribution in [3.63, 3.8) is 0 Å². The highest BCUT2D eigenvalue weighted by Gasteiger charge is 2.29. The third kappa shape index (κ3) is 3.77. The van der Waals surface area contributed by atoms with Gasteiger partial charge in [0.25, 0.3) is 5.91 Å². The summed E-state index contributed by atoms with van der Waals surface area (Å²) in [5.74, 6) is -0.524. The lowest BCUT2D eigenvalue weighted by molar-refractivity contribution is -0.137. The minimum absolute atomic E-state index is 0.00359. The second kappa shape index (κ2) is 7.03. The zero-order chi connectivity index (χ0) is 18.7. The molecule has 134 valence electrons. The number of para-hydroxylation sites is 1. The van der Waals surface area contributed by atoms with Crippen LogP contribution in [0.25, 0.3) is 10.9 Å². The van der Waals surface area contributed by atoms with E-state index in [1.165, 1.54) is 18.3 Å². The monoisotopic (exact) mass is 360 g/mol. The zero-order valence-electron chi connectivity index (χ0n) is 13.6. The molecule has 1 amide bonds. The minimum Gasteiger partial charge on any atom is -0.360 e. The summed E-state index contributed by atoms with van der Waals surface area (Å²) in [6.07, 6.45) is -2.66. The molecule has 0 radical (unpaired) electrons. The van der Waals surface area contributed by atoms with Crippen molar-refractivity contribution >= 4 is 16.8 Å². The van der Waals surface area contributed by atoms with Crippen LogP contribution in [0, 0.1) is 0 Å². The summed E-state index contributed by atoms with van der Waals surface area (Å²) >= 11 is 0. The second-order valence-electron chi connectivity index (χ2n) is 5.78. The van der Waals surface area contributed by atoms with Crippen molar-refractivity contribution in [3.05, 3.63) is 81.6 Å². The van der Waals surface area contributed by atoms with Gasteiger partial charge in [-0.3, -0.25) is 9.59 Å². The van der Waals surface area contributed by atoms with Gasteiger partial charge in [-0.1, -0.05) is 24.3 Å². The molecule has 2 N–H and O–H groups in total. The number of carbonyl (C=O) groups excluding carboxylic acids is 1. The van der Waals surface area contributed by atoms with Gasteiger partial charge in [0, 0.05) is 23.6 Å². The molecule has 0 saturated carbocycles. The topological polar surface area (TPSA) is 62.0 Å². The summed E-state index contributed by atoms with van der Waals surface area (Å²) < 4.78 is 37.6. The molecule has 0 aliphatic carbocycles. The van der Waals surface area contributed by atoms with Crippen molar-refractivity contribution < 1.29 is 18.0 Å². The SMILES string of the molecule is O=C(NCCc1ccc(C(F)(F)F)cc1)c1c[nH]c2ccccc2c1=O. The molecular formula is C19H15F3N2O2. The highest BCUT2D eigenvalue weighted by atomic mass is 19.4. The molecule has 1 aromatic heterocycles. The number of rotatable bonds is 4. The summed E-state index contributed by atoms with van der Waals surface area (Å²) in [7, 11) is 0. The van der Waals surface area contributed by atoms with E-state index in [0.717, 1.165) is 12.1 Å². The van der Waals surface area contributed by atoms with Crippen LogP contribution in [0.1, 0.15) is 21.5 Å². The first-order valence-electron chi connectivity index (χ1n) is 7.91. The fourth-order valence-electron chi connectivity index (χ4n) is 2.61. The first-order chi connectivity index (χ1) is 12.4. The van der Waals surface area contributed by atoms with E-state index in [0.29, 0.717) is 22.9 Å². The van der Waals surface area contributed by atoms with E-state index in [1.807, 2.05) is 0 Å².